The van der Waals surface area contributed by atoms with E-state index in [0.29, 0.717) is 36.2 Å². The summed E-state index contributed by atoms with van der Waals surface area (Å²) >= 11 is 0. The quantitative estimate of drug-likeness (QED) is 0.427. The Hall–Kier alpha value is -3.86. The van der Waals surface area contributed by atoms with E-state index in [9.17, 15) is 9.18 Å². The third-order valence-corrected chi connectivity index (χ3v) is 7.95. The average molecular weight is 568 g/mol. The number of hydrogen-bond donors (Lipinski definition) is 1. The maximum absolute atomic E-state index is 15.5. The highest BCUT2D eigenvalue weighted by Crippen LogP contribution is 2.40. The molecular weight excluding hydrogens is 531 g/mol. The number of nitrogens with one attached hydrogen (secondary N) is 1. The predicted molar refractivity (Wildman–Crippen MR) is 156 cm³/mol. The third kappa shape index (κ3) is 5.81. The van der Waals surface area contributed by atoms with Crippen LogP contribution in [-0.4, -0.2) is 73.1 Å². The molecule has 0 aliphatic carbocycles. The normalized spacial score (nSPS) is 16.0. The van der Waals surface area contributed by atoms with Gasteiger partial charge in [-0.2, -0.15) is 0 Å². The van der Waals surface area contributed by atoms with E-state index in [2.05, 4.69) is 34.3 Å². The van der Waals surface area contributed by atoms with E-state index < -0.39 is 11.6 Å². The Bertz CT molecular complexity index is 1440. The Kier molecular flexibility index (Phi) is 8.08. The van der Waals surface area contributed by atoms with Crippen LogP contribution in [0.5, 0.6) is 0 Å². The summed E-state index contributed by atoms with van der Waals surface area (Å²) in [5.74, 6) is -1.96. The number of fused-ring (bicyclic) bond motifs is 1. The van der Waals surface area contributed by atoms with Crippen LogP contribution in [0, 0.1) is 17.5 Å². The maximum atomic E-state index is 15.5. The molecule has 218 valence electrons. The van der Waals surface area contributed by atoms with Crippen LogP contribution >= 0.6 is 0 Å². The first-order valence-corrected chi connectivity index (χ1v) is 13.9. The summed E-state index contributed by atoms with van der Waals surface area (Å²) in [6.07, 6.45) is 2.93. The van der Waals surface area contributed by atoms with Gasteiger partial charge in [0.1, 0.15) is 23.0 Å². The molecule has 0 bridgehead atoms. The minimum atomic E-state index is -0.729. The fourth-order valence-corrected chi connectivity index (χ4v) is 5.72. The largest absolute Gasteiger partial charge is 0.369 e. The van der Waals surface area contributed by atoms with E-state index in [1.165, 1.54) is 24.0 Å². The Morgan fingerprint density at radius 1 is 0.976 bits per heavy atom. The van der Waals surface area contributed by atoms with Crippen molar-refractivity contribution in [3.05, 3.63) is 54.0 Å². The topological polar surface area (TPSA) is 67.8 Å². The van der Waals surface area contributed by atoms with Crippen LogP contribution in [0.3, 0.4) is 0 Å². The van der Waals surface area contributed by atoms with Crippen molar-refractivity contribution in [2.75, 3.05) is 60.3 Å². The van der Waals surface area contributed by atoms with Crippen LogP contribution < -0.4 is 20.0 Å². The van der Waals surface area contributed by atoms with Crippen molar-refractivity contribution in [3.8, 4) is 11.3 Å². The zero-order valence-electron chi connectivity index (χ0n) is 24.1. The third-order valence-electron chi connectivity index (χ3n) is 7.95. The number of anilines is 5. The number of benzene rings is 2. The lowest BCUT2D eigenvalue weighted by molar-refractivity contribution is -0.116. The highest BCUT2D eigenvalue weighted by molar-refractivity contribution is 5.97. The van der Waals surface area contributed by atoms with Crippen molar-refractivity contribution >= 4 is 34.6 Å². The number of carbonyl (C=O) groups is 1. The van der Waals surface area contributed by atoms with Crippen LogP contribution in [0.4, 0.5) is 41.9 Å². The maximum Gasteiger partial charge on any atom is 0.227 e. The van der Waals surface area contributed by atoms with Gasteiger partial charge in [0.25, 0.3) is 0 Å². The molecule has 0 saturated carbocycles. The molecule has 5 rings (SSSR count). The zero-order chi connectivity index (χ0) is 29.4. The van der Waals surface area contributed by atoms with Gasteiger partial charge >= 0.3 is 0 Å². The summed E-state index contributed by atoms with van der Waals surface area (Å²) in [6, 6.07) is 8.18. The fraction of sp³-hybridized carbons (Fsp3) is 0.433. The molecule has 0 spiro atoms. The molecule has 1 amide bonds. The van der Waals surface area contributed by atoms with E-state index >= 15 is 8.78 Å². The van der Waals surface area contributed by atoms with Crippen LogP contribution in [0.15, 0.2) is 36.5 Å². The first-order chi connectivity index (χ1) is 19.5. The molecule has 0 radical (unpaired) electrons. The van der Waals surface area contributed by atoms with Crippen LogP contribution in [-0.2, 0) is 4.79 Å². The number of rotatable bonds is 6. The van der Waals surface area contributed by atoms with Gasteiger partial charge in [-0.05, 0) is 71.1 Å². The van der Waals surface area contributed by atoms with E-state index in [-0.39, 0.29) is 40.7 Å². The molecule has 0 atom stereocenters. The van der Waals surface area contributed by atoms with Crippen molar-refractivity contribution in [1.82, 2.24) is 14.9 Å². The van der Waals surface area contributed by atoms with Crippen molar-refractivity contribution < 1.29 is 18.0 Å². The van der Waals surface area contributed by atoms with E-state index in [1.54, 1.807) is 18.2 Å². The molecule has 2 aliphatic heterocycles. The molecule has 41 heavy (non-hydrogen) atoms. The number of amides is 1. The standard InChI is InChI=1S/C30H36F3N7O/c1-18(2)39-12-13-40(19(3)41)29-24(32)14-20(15-27(29)39)28-25(33)17-34-30(36-28)35-21-6-7-26(23(31)16-21)38-10-8-22(9-11-38)37(4)5/h6-7,14-18,22H,8-13H2,1-5H3,(H,34,35,36). The van der Waals surface area contributed by atoms with Crippen molar-refractivity contribution in [2.45, 2.75) is 45.7 Å². The molecule has 11 heteroatoms. The Morgan fingerprint density at radius 3 is 2.34 bits per heavy atom. The Balaban J connectivity index is 1.41. The zero-order valence-corrected chi connectivity index (χ0v) is 24.1. The summed E-state index contributed by atoms with van der Waals surface area (Å²) in [6.45, 7) is 7.76. The number of carbonyl (C=O) groups excluding carboxylic acids is 1. The predicted octanol–water partition coefficient (Wildman–Crippen LogP) is 5.42. The second-order valence-electron chi connectivity index (χ2n) is 11.1. The molecule has 1 aromatic heterocycles. The second-order valence-corrected chi connectivity index (χ2v) is 11.1. The number of halogens is 3. The smallest absolute Gasteiger partial charge is 0.227 e. The van der Waals surface area contributed by atoms with Gasteiger partial charge < -0.3 is 24.9 Å². The van der Waals surface area contributed by atoms with Gasteiger partial charge in [-0.3, -0.25) is 4.79 Å². The molecule has 1 fully saturated rings. The lowest BCUT2D eigenvalue weighted by atomic mass is 10.0. The van der Waals surface area contributed by atoms with Crippen molar-refractivity contribution in [2.24, 2.45) is 0 Å². The monoisotopic (exact) mass is 567 g/mol. The Labute approximate surface area is 238 Å². The highest BCUT2D eigenvalue weighted by Gasteiger charge is 2.31. The van der Waals surface area contributed by atoms with E-state index in [0.717, 1.165) is 32.1 Å². The van der Waals surface area contributed by atoms with Crippen LogP contribution in [0.25, 0.3) is 11.3 Å². The van der Waals surface area contributed by atoms with Crippen molar-refractivity contribution in [3.63, 3.8) is 0 Å². The average Bonchev–Trinajstić information content (AvgIpc) is 2.93. The fourth-order valence-electron chi connectivity index (χ4n) is 5.72. The van der Waals surface area contributed by atoms with Crippen LogP contribution in [0.2, 0.25) is 0 Å². The van der Waals surface area contributed by atoms with E-state index in [4.69, 9.17) is 0 Å². The molecule has 1 N–H and O–H groups in total. The van der Waals surface area contributed by atoms with Crippen LogP contribution in [0.1, 0.15) is 33.6 Å². The first-order valence-electron chi connectivity index (χ1n) is 13.9. The minimum Gasteiger partial charge on any atom is -0.369 e. The second kappa shape index (κ2) is 11.6. The summed E-state index contributed by atoms with van der Waals surface area (Å²) in [5.41, 5.74) is 1.72. The number of aromatic nitrogens is 2. The SMILES string of the molecule is CC(=O)N1CCN(C(C)C)c2cc(-c3nc(Nc4ccc(N5CCC(N(C)C)CC5)c(F)c4)ncc3F)cc(F)c21. The van der Waals surface area contributed by atoms with Gasteiger partial charge in [0.05, 0.1) is 17.6 Å². The highest BCUT2D eigenvalue weighted by atomic mass is 19.1. The number of hydrogen-bond acceptors (Lipinski definition) is 7. The summed E-state index contributed by atoms with van der Waals surface area (Å²) in [4.78, 5) is 28.2. The molecule has 8 nitrogen and oxygen atoms in total. The summed E-state index contributed by atoms with van der Waals surface area (Å²) < 4.78 is 45.6. The lowest BCUT2D eigenvalue weighted by Crippen LogP contribution is -2.46. The van der Waals surface area contributed by atoms with Gasteiger partial charge in [-0.1, -0.05) is 0 Å². The van der Waals surface area contributed by atoms with E-state index in [1.807, 2.05) is 23.6 Å². The molecule has 3 aromatic rings. The molecular formula is C30H36F3N7O. The summed E-state index contributed by atoms with van der Waals surface area (Å²) in [7, 11) is 4.13. The first kappa shape index (κ1) is 28.7. The van der Waals surface area contributed by atoms with Gasteiger partial charge in [0, 0.05) is 56.4 Å². The van der Waals surface area contributed by atoms with Gasteiger partial charge in [0.2, 0.25) is 11.9 Å². The lowest BCUT2D eigenvalue weighted by Gasteiger charge is -2.40. The molecule has 0 unspecified atom stereocenters. The Morgan fingerprint density at radius 2 is 1.71 bits per heavy atom. The van der Waals surface area contributed by atoms with Crippen molar-refractivity contribution in [1.29, 1.82) is 0 Å². The number of piperidine rings is 1. The molecule has 1 saturated heterocycles. The minimum absolute atomic E-state index is 0.0298. The van der Waals surface area contributed by atoms with Gasteiger partial charge in [0.15, 0.2) is 5.82 Å². The number of nitrogens with zero attached hydrogens (tertiary/aromatic N) is 6. The molecule has 2 aliphatic rings. The molecule has 2 aromatic carbocycles. The van der Waals surface area contributed by atoms with Gasteiger partial charge in [-0.25, -0.2) is 23.1 Å². The summed E-state index contributed by atoms with van der Waals surface area (Å²) in [5, 5.41) is 2.95. The molecule has 3 heterocycles. The van der Waals surface area contributed by atoms with Gasteiger partial charge in [-0.15, -0.1) is 0 Å².